The first-order valence-corrected chi connectivity index (χ1v) is 4.28. The molecule has 0 radical (unpaired) electrons. The van der Waals surface area contributed by atoms with Crippen molar-refractivity contribution in [2.24, 2.45) is 0 Å². The molecule has 3 N–H and O–H groups in total. The molecule has 0 saturated carbocycles. The summed E-state index contributed by atoms with van der Waals surface area (Å²) < 4.78 is 0. The highest BCUT2D eigenvalue weighted by Gasteiger charge is 2.24. The van der Waals surface area contributed by atoms with Gasteiger partial charge < -0.3 is 10.8 Å². The van der Waals surface area contributed by atoms with Crippen LogP contribution in [0.4, 0.5) is 11.4 Å². The van der Waals surface area contributed by atoms with Crippen molar-refractivity contribution in [1.82, 2.24) is 0 Å². The number of aryl methyl sites for hydroxylation is 1. The second-order valence-corrected chi connectivity index (χ2v) is 2.95. The molecule has 1 aromatic rings. The third-order valence-corrected chi connectivity index (χ3v) is 2.10. The van der Waals surface area contributed by atoms with Gasteiger partial charge >= 0.3 is 11.7 Å². The Morgan fingerprint density at radius 1 is 1.60 bits per heavy atom. The molecule has 80 valence electrons. The summed E-state index contributed by atoms with van der Waals surface area (Å²) in [6.07, 6.45) is 0.520. The van der Waals surface area contributed by atoms with Crippen LogP contribution in [0.5, 0.6) is 0 Å². The summed E-state index contributed by atoms with van der Waals surface area (Å²) in [6, 6.07) is 2.70. The number of nitrogens with two attached hydrogens (primary N) is 1. The van der Waals surface area contributed by atoms with Crippen molar-refractivity contribution >= 4 is 17.3 Å². The zero-order chi connectivity index (χ0) is 11.6. The average molecular weight is 210 g/mol. The van der Waals surface area contributed by atoms with Crippen LogP contribution in [0, 0.1) is 10.1 Å². The Bertz CT molecular complexity index is 428. The summed E-state index contributed by atoms with van der Waals surface area (Å²) in [4.78, 5) is 20.6. The molecule has 15 heavy (non-hydrogen) atoms. The molecule has 0 bridgehead atoms. The maximum Gasteiger partial charge on any atom is 0.342 e. The number of carbonyl (C=O) groups is 1. The van der Waals surface area contributed by atoms with E-state index in [4.69, 9.17) is 10.8 Å². The number of nitro groups is 1. The van der Waals surface area contributed by atoms with E-state index >= 15 is 0 Å². The number of carboxylic acid groups (broad SMARTS) is 1. The van der Waals surface area contributed by atoms with Crippen LogP contribution >= 0.6 is 0 Å². The fraction of sp³-hybridized carbons (Fsp3) is 0.222. The van der Waals surface area contributed by atoms with Gasteiger partial charge in [0.1, 0.15) is 11.3 Å². The first-order valence-electron chi connectivity index (χ1n) is 4.28. The van der Waals surface area contributed by atoms with Gasteiger partial charge in [0.05, 0.1) is 4.92 Å². The quantitative estimate of drug-likeness (QED) is 0.446. The Hall–Kier alpha value is -2.11. The number of nitro benzene ring substituents is 1. The molecule has 1 rings (SSSR count). The van der Waals surface area contributed by atoms with Gasteiger partial charge in [-0.15, -0.1) is 0 Å². The molecule has 0 spiro atoms. The highest BCUT2D eigenvalue weighted by atomic mass is 16.6. The average Bonchev–Trinajstić information content (AvgIpc) is 2.16. The number of nitrogen functional groups attached to an aromatic ring is 1. The summed E-state index contributed by atoms with van der Waals surface area (Å²) in [5.41, 5.74) is 5.13. The van der Waals surface area contributed by atoms with Crippen molar-refractivity contribution in [3.8, 4) is 0 Å². The zero-order valence-electron chi connectivity index (χ0n) is 8.06. The van der Waals surface area contributed by atoms with Gasteiger partial charge in [-0.1, -0.05) is 13.0 Å². The van der Waals surface area contributed by atoms with E-state index in [2.05, 4.69) is 0 Å². The number of hydrogen-bond donors (Lipinski definition) is 2. The molecule has 0 heterocycles. The summed E-state index contributed by atoms with van der Waals surface area (Å²) >= 11 is 0. The highest BCUT2D eigenvalue weighted by molar-refractivity contribution is 5.95. The molecule has 0 fully saturated rings. The molecular formula is C9H10N2O4. The van der Waals surface area contributed by atoms with Crippen LogP contribution in [0.25, 0.3) is 0 Å². The second kappa shape index (κ2) is 3.95. The summed E-state index contributed by atoms with van der Waals surface area (Å²) in [5, 5.41) is 19.4. The van der Waals surface area contributed by atoms with E-state index in [1.54, 1.807) is 6.92 Å². The first-order chi connectivity index (χ1) is 6.99. The van der Waals surface area contributed by atoms with Crippen LogP contribution in [0.1, 0.15) is 22.8 Å². The Morgan fingerprint density at radius 3 is 2.60 bits per heavy atom. The molecule has 0 unspecified atom stereocenters. The first kappa shape index (κ1) is 11.0. The monoisotopic (exact) mass is 210 g/mol. The SMILES string of the molecule is CCc1ccc(C(=O)O)c([N+](=O)[O-])c1N. The van der Waals surface area contributed by atoms with Crippen molar-refractivity contribution in [2.75, 3.05) is 5.73 Å². The van der Waals surface area contributed by atoms with Crippen LogP contribution in [0.3, 0.4) is 0 Å². The van der Waals surface area contributed by atoms with E-state index in [-0.39, 0.29) is 11.3 Å². The molecule has 0 atom stereocenters. The Balaban J connectivity index is 3.51. The van der Waals surface area contributed by atoms with Gasteiger partial charge in [-0.05, 0) is 18.1 Å². The summed E-state index contributed by atoms with van der Waals surface area (Å²) in [7, 11) is 0. The van der Waals surface area contributed by atoms with Crippen molar-refractivity contribution < 1.29 is 14.8 Å². The number of benzene rings is 1. The van der Waals surface area contributed by atoms with E-state index in [1.165, 1.54) is 12.1 Å². The van der Waals surface area contributed by atoms with Crippen molar-refractivity contribution in [3.05, 3.63) is 33.4 Å². The standard InChI is InChI=1S/C9H10N2O4/c1-2-5-3-4-6(9(12)13)8(7(5)10)11(14)15/h3-4H,2,10H2,1H3,(H,12,13). The highest BCUT2D eigenvalue weighted by Crippen LogP contribution is 2.29. The minimum absolute atomic E-state index is 0.0672. The molecule has 0 aliphatic carbocycles. The van der Waals surface area contributed by atoms with Gasteiger partial charge in [0.2, 0.25) is 0 Å². The Morgan fingerprint density at radius 2 is 2.20 bits per heavy atom. The van der Waals surface area contributed by atoms with Gasteiger partial charge in [0, 0.05) is 0 Å². The number of aromatic carboxylic acids is 1. The number of hydrogen-bond acceptors (Lipinski definition) is 4. The third kappa shape index (κ3) is 1.88. The molecule has 0 saturated heterocycles. The topological polar surface area (TPSA) is 106 Å². The molecule has 0 amide bonds. The molecule has 1 aromatic carbocycles. The largest absolute Gasteiger partial charge is 0.477 e. The number of rotatable bonds is 3. The van der Waals surface area contributed by atoms with Gasteiger partial charge in [-0.2, -0.15) is 0 Å². The predicted octanol–water partition coefficient (Wildman–Crippen LogP) is 1.44. The molecule has 0 aliphatic rings. The van der Waals surface area contributed by atoms with E-state index in [1.807, 2.05) is 0 Å². The lowest BCUT2D eigenvalue weighted by Crippen LogP contribution is -2.07. The lowest BCUT2D eigenvalue weighted by atomic mass is 10.0. The summed E-state index contributed by atoms with van der Waals surface area (Å²) in [5.74, 6) is -1.35. The lowest BCUT2D eigenvalue weighted by molar-refractivity contribution is -0.384. The van der Waals surface area contributed by atoms with Crippen LogP contribution in [-0.4, -0.2) is 16.0 Å². The third-order valence-electron chi connectivity index (χ3n) is 2.10. The van der Waals surface area contributed by atoms with Crippen LogP contribution in [-0.2, 0) is 6.42 Å². The van der Waals surface area contributed by atoms with E-state index in [0.29, 0.717) is 12.0 Å². The molecule has 0 aromatic heterocycles. The lowest BCUT2D eigenvalue weighted by Gasteiger charge is -2.05. The molecule has 0 aliphatic heterocycles. The fourth-order valence-electron chi connectivity index (χ4n) is 1.33. The van der Waals surface area contributed by atoms with Gasteiger partial charge in [-0.25, -0.2) is 4.79 Å². The van der Waals surface area contributed by atoms with Gasteiger partial charge in [-0.3, -0.25) is 10.1 Å². The molecular weight excluding hydrogens is 200 g/mol. The number of anilines is 1. The number of carboxylic acids is 1. The molecule has 6 nitrogen and oxygen atoms in total. The normalized spacial score (nSPS) is 9.93. The second-order valence-electron chi connectivity index (χ2n) is 2.95. The zero-order valence-corrected chi connectivity index (χ0v) is 8.06. The van der Waals surface area contributed by atoms with E-state index < -0.39 is 16.6 Å². The van der Waals surface area contributed by atoms with Crippen LogP contribution in [0.15, 0.2) is 12.1 Å². The summed E-state index contributed by atoms with van der Waals surface area (Å²) in [6.45, 7) is 1.79. The van der Waals surface area contributed by atoms with Crippen molar-refractivity contribution in [2.45, 2.75) is 13.3 Å². The Labute approximate surface area is 85.5 Å². The number of nitrogens with zero attached hydrogens (tertiary/aromatic N) is 1. The van der Waals surface area contributed by atoms with Gasteiger partial charge in [0.25, 0.3) is 0 Å². The minimum atomic E-state index is -1.35. The van der Waals surface area contributed by atoms with Gasteiger partial charge in [0.15, 0.2) is 0 Å². The predicted molar refractivity (Wildman–Crippen MR) is 53.8 cm³/mol. The smallest absolute Gasteiger partial charge is 0.342 e. The maximum atomic E-state index is 10.7. The minimum Gasteiger partial charge on any atom is -0.477 e. The van der Waals surface area contributed by atoms with Crippen LogP contribution < -0.4 is 5.73 Å². The maximum absolute atomic E-state index is 10.7. The Kier molecular flexibility index (Phi) is 2.89. The van der Waals surface area contributed by atoms with Crippen molar-refractivity contribution in [3.63, 3.8) is 0 Å². The molecule has 6 heteroatoms. The van der Waals surface area contributed by atoms with Crippen LogP contribution in [0.2, 0.25) is 0 Å². The van der Waals surface area contributed by atoms with E-state index in [0.717, 1.165) is 0 Å². The fourth-order valence-corrected chi connectivity index (χ4v) is 1.33. The van der Waals surface area contributed by atoms with Crippen molar-refractivity contribution in [1.29, 1.82) is 0 Å². The van der Waals surface area contributed by atoms with E-state index in [9.17, 15) is 14.9 Å².